The maximum atomic E-state index is 12.4. The Morgan fingerprint density at radius 1 is 1.00 bits per heavy atom. The van der Waals surface area contributed by atoms with Crippen molar-refractivity contribution in [3.05, 3.63) is 77.7 Å². The van der Waals surface area contributed by atoms with Gasteiger partial charge in [0.2, 0.25) is 0 Å². The average Bonchev–Trinajstić information content (AvgIpc) is 2.68. The fourth-order valence-electron chi connectivity index (χ4n) is 2.38. The molecule has 0 aliphatic rings. The largest absolute Gasteiger partial charge is 0.340 e. The summed E-state index contributed by atoms with van der Waals surface area (Å²) < 4.78 is 0. The summed E-state index contributed by atoms with van der Waals surface area (Å²) in [5.74, 6) is -0.0457. The van der Waals surface area contributed by atoms with Gasteiger partial charge >= 0.3 is 0 Å². The van der Waals surface area contributed by atoms with E-state index in [0.29, 0.717) is 28.3 Å². The number of carbonyl (C=O) groups is 2. The molecule has 0 radical (unpaired) electrons. The van der Waals surface area contributed by atoms with Crippen molar-refractivity contribution in [1.29, 1.82) is 5.26 Å². The minimum atomic E-state index is -0.423. The van der Waals surface area contributed by atoms with Gasteiger partial charge in [-0.1, -0.05) is 18.2 Å². The molecule has 0 unspecified atom stereocenters. The van der Waals surface area contributed by atoms with Crippen molar-refractivity contribution in [3.63, 3.8) is 0 Å². The third kappa shape index (κ3) is 4.52. The molecule has 3 aromatic rings. The van der Waals surface area contributed by atoms with Crippen LogP contribution < -0.4 is 10.6 Å². The first-order valence-electron chi connectivity index (χ1n) is 8.07. The Hall–Kier alpha value is -4.05. The minimum Gasteiger partial charge on any atom is -0.340 e. The second kappa shape index (κ2) is 7.89. The second-order valence-corrected chi connectivity index (χ2v) is 5.70. The Labute approximate surface area is 155 Å². The zero-order valence-corrected chi connectivity index (χ0v) is 14.4. The predicted octanol–water partition coefficient (Wildman–Crippen LogP) is 3.55. The molecular weight excluding hydrogens is 342 g/mol. The lowest BCUT2D eigenvalue weighted by molar-refractivity contribution is 0.101. The van der Waals surface area contributed by atoms with Crippen LogP contribution in [-0.2, 0) is 0 Å². The lowest BCUT2D eigenvalue weighted by Gasteiger charge is -2.08. The molecule has 2 N–H and O–H groups in total. The van der Waals surface area contributed by atoms with Gasteiger partial charge in [-0.25, -0.2) is 9.97 Å². The predicted molar refractivity (Wildman–Crippen MR) is 101 cm³/mol. The summed E-state index contributed by atoms with van der Waals surface area (Å²) in [7, 11) is 0. The molecule has 2 aromatic carbocycles. The second-order valence-electron chi connectivity index (χ2n) is 5.70. The molecule has 0 aliphatic carbocycles. The van der Waals surface area contributed by atoms with Crippen molar-refractivity contribution in [3.8, 4) is 6.07 Å². The highest BCUT2D eigenvalue weighted by atomic mass is 16.2. The number of anilines is 3. The highest BCUT2D eigenvalue weighted by molar-refractivity contribution is 6.03. The first-order valence-corrected chi connectivity index (χ1v) is 8.07. The monoisotopic (exact) mass is 357 g/mol. The summed E-state index contributed by atoms with van der Waals surface area (Å²) >= 11 is 0. The Balaban J connectivity index is 1.77. The summed E-state index contributed by atoms with van der Waals surface area (Å²) in [6.07, 6.45) is 1.28. The third-order valence-electron chi connectivity index (χ3n) is 3.69. The highest BCUT2D eigenvalue weighted by Crippen LogP contribution is 2.17. The number of rotatable bonds is 5. The van der Waals surface area contributed by atoms with E-state index in [2.05, 4.69) is 20.6 Å². The van der Waals surface area contributed by atoms with Crippen LogP contribution in [0.2, 0.25) is 0 Å². The molecule has 0 spiro atoms. The van der Waals surface area contributed by atoms with Crippen molar-refractivity contribution in [1.82, 2.24) is 9.97 Å². The quantitative estimate of drug-likeness (QED) is 0.676. The van der Waals surface area contributed by atoms with Crippen LogP contribution >= 0.6 is 0 Å². The van der Waals surface area contributed by atoms with E-state index in [9.17, 15) is 9.59 Å². The zero-order chi connectivity index (χ0) is 19.2. The van der Waals surface area contributed by atoms with Crippen molar-refractivity contribution in [2.24, 2.45) is 0 Å². The topological polar surface area (TPSA) is 108 Å². The van der Waals surface area contributed by atoms with E-state index < -0.39 is 5.91 Å². The number of nitrogens with zero attached hydrogens (tertiary/aromatic N) is 3. The van der Waals surface area contributed by atoms with Crippen LogP contribution in [0.3, 0.4) is 0 Å². The zero-order valence-electron chi connectivity index (χ0n) is 14.4. The summed E-state index contributed by atoms with van der Waals surface area (Å²) in [6, 6.07) is 17.1. The Bertz CT molecular complexity index is 1060. The number of carbonyl (C=O) groups excluding carboxylic acids is 2. The molecular formula is C20H15N5O2. The summed E-state index contributed by atoms with van der Waals surface area (Å²) in [5, 5.41) is 14.7. The van der Waals surface area contributed by atoms with Gasteiger partial charge in [-0.2, -0.15) is 5.26 Å². The Morgan fingerprint density at radius 3 is 2.56 bits per heavy atom. The van der Waals surface area contributed by atoms with Crippen molar-refractivity contribution in [2.75, 3.05) is 10.6 Å². The molecule has 1 amide bonds. The molecule has 0 aliphatic heterocycles. The molecule has 7 heteroatoms. The van der Waals surface area contributed by atoms with Gasteiger partial charge in [0, 0.05) is 23.0 Å². The van der Waals surface area contributed by atoms with Gasteiger partial charge in [-0.05, 0) is 37.3 Å². The number of amides is 1. The molecule has 27 heavy (non-hydrogen) atoms. The van der Waals surface area contributed by atoms with Gasteiger partial charge in [0.1, 0.15) is 17.8 Å². The molecule has 7 nitrogen and oxygen atoms in total. The van der Waals surface area contributed by atoms with Crippen LogP contribution in [0.4, 0.5) is 17.2 Å². The fourth-order valence-corrected chi connectivity index (χ4v) is 2.38. The maximum Gasteiger partial charge on any atom is 0.274 e. The number of hydrogen-bond acceptors (Lipinski definition) is 6. The molecule has 3 rings (SSSR count). The number of aromatic nitrogens is 2. The minimum absolute atomic E-state index is 0.0407. The highest BCUT2D eigenvalue weighted by Gasteiger charge is 2.10. The summed E-state index contributed by atoms with van der Waals surface area (Å²) in [5.41, 5.74) is 2.36. The van der Waals surface area contributed by atoms with E-state index >= 15 is 0 Å². The van der Waals surface area contributed by atoms with Crippen LogP contribution in [0.1, 0.15) is 33.3 Å². The Kier molecular flexibility index (Phi) is 5.19. The van der Waals surface area contributed by atoms with Crippen molar-refractivity contribution < 1.29 is 9.59 Å². The van der Waals surface area contributed by atoms with Gasteiger partial charge in [0.05, 0.1) is 11.6 Å². The van der Waals surface area contributed by atoms with Crippen molar-refractivity contribution in [2.45, 2.75) is 6.92 Å². The van der Waals surface area contributed by atoms with Crippen molar-refractivity contribution >= 4 is 28.9 Å². The molecule has 1 aromatic heterocycles. The van der Waals surface area contributed by atoms with Crippen LogP contribution in [0.15, 0.2) is 60.9 Å². The van der Waals surface area contributed by atoms with Gasteiger partial charge in [0.25, 0.3) is 5.91 Å². The fraction of sp³-hybridized carbons (Fsp3) is 0.0500. The average molecular weight is 357 g/mol. The molecule has 0 bridgehead atoms. The normalized spacial score (nSPS) is 9.93. The molecule has 1 heterocycles. The number of Topliss-reactive ketones (excluding diaryl/α,β-unsaturated/α-hetero) is 1. The standard InChI is InChI=1S/C20H15N5O2/c1-13(26)15-5-3-7-17(9-15)24-19-10-18(22-12-23-19)20(27)25-16-6-2-4-14(8-16)11-21/h2-10,12H,1H3,(H,25,27)(H,22,23,24). The van der Waals surface area contributed by atoms with E-state index in [1.54, 1.807) is 48.5 Å². The van der Waals surface area contributed by atoms with E-state index in [1.807, 2.05) is 6.07 Å². The number of benzene rings is 2. The summed E-state index contributed by atoms with van der Waals surface area (Å²) in [4.78, 5) is 32.0. The SMILES string of the molecule is CC(=O)c1cccc(Nc2cc(C(=O)Nc3cccc(C#N)c3)ncn2)c1. The third-order valence-corrected chi connectivity index (χ3v) is 3.69. The van der Waals surface area contributed by atoms with Gasteiger partial charge in [-0.15, -0.1) is 0 Å². The van der Waals surface area contributed by atoms with Gasteiger partial charge in [0.15, 0.2) is 5.78 Å². The van der Waals surface area contributed by atoms with E-state index in [1.165, 1.54) is 19.3 Å². The van der Waals surface area contributed by atoms with E-state index in [0.717, 1.165) is 0 Å². The number of ketones is 1. The van der Waals surface area contributed by atoms with E-state index in [-0.39, 0.29) is 11.5 Å². The molecule has 0 saturated carbocycles. The molecule has 0 saturated heterocycles. The number of nitriles is 1. The number of nitrogens with one attached hydrogen (secondary N) is 2. The smallest absolute Gasteiger partial charge is 0.274 e. The first kappa shape index (κ1) is 17.8. The van der Waals surface area contributed by atoms with Crippen LogP contribution in [0, 0.1) is 11.3 Å². The lowest BCUT2D eigenvalue weighted by Crippen LogP contribution is -2.14. The van der Waals surface area contributed by atoms with Gasteiger partial charge < -0.3 is 10.6 Å². The maximum absolute atomic E-state index is 12.4. The molecule has 0 atom stereocenters. The van der Waals surface area contributed by atoms with Crippen LogP contribution in [-0.4, -0.2) is 21.7 Å². The Morgan fingerprint density at radius 2 is 1.78 bits per heavy atom. The summed E-state index contributed by atoms with van der Waals surface area (Å²) in [6.45, 7) is 1.49. The van der Waals surface area contributed by atoms with Crippen LogP contribution in [0.5, 0.6) is 0 Å². The number of hydrogen-bond donors (Lipinski definition) is 2. The molecule has 0 fully saturated rings. The van der Waals surface area contributed by atoms with Crippen LogP contribution in [0.25, 0.3) is 0 Å². The van der Waals surface area contributed by atoms with Gasteiger partial charge in [-0.3, -0.25) is 9.59 Å². The molecule has 132 valence electrons. The van der Waals surface area contributed by atoms with E-state index in [4.69, 9.17) is 5.26 Å². The first-order chi connectivity index (χ1) is 13.0. The lowest BCUT2D eigenvalue weighted by atomic mass is 10.1.